The van der Waals surface area contributed by atoms with Gasteiger partial charge in [-0.3, -0.25) is 15.0 Å². The molecule has 154 valence electrons. The van der Waals surface area contributed by atoms with Crippen molar-refractivity contribution in [3.05, 3.63) is 47.0 Å². The van der Waals surface area contributed by atoms with Gasteiger partial charge in [-0.15, -0.1) is 0 Å². The number of carbonyl (C=O) groups excluding carboxylic acids is 2. The number of likely N-dealkylation sites (tertiary alicyclic amines) is 1. The van der Waals surface area contributed by atoms with Crippen molar-refractivity contribution in [1.82, 2.24) is 20.1 Å². The number of nitrogens with zero attached hydrogens (tertiary/aromatic N) is 4. The molecule has 2 fully saturated rings. The predicted octanol–water partition coefficient (Wildman–Crippen LogP) is 0.765. The molecular weight excluding hydrogens is 394 g/mol. The zero-order chi connectivity index (χ0) is 20.8. The average Bonchev–Trinajstić information content (AvgIpc) is 2.65. The maximum Gasteiger partial charge on any atom is 0.252 e. The molecule has 0 aliphatic carbocycles. The molecule has 3 aliphatic heterocycles. The smallest absolute Gasteiger partial charge is 0.252 e. The summed E-state index contributed by atoms with van der Waals surface area (Å²) in [7, 11) is 0. The Labute approximate surface area is 174 Å². The summed E-state index contributed by atoms with van der Waals surface area (Å²) in [5, 5.41) is 14.3. The van der Waals surface area contributed by atoms with Crippen LogP contribution in [0.2, 0.25) is 5.02 Å². The van der Waals surface area contributed by atoms with Crippen molar-refractivity contribution in [2.75, 3.05) is 19.6 Å². The maximum atomic E-state index is 13.4. The van der Waals surface area contributed by atoms with E-state index < -0.39 is 11.8 Å². The van der Waals surface area contributed by atoms with Gasteiger partial charge in [0.1, 0.15) is 12.4 Å². The van der Waals surface area contributed by atoms with Crippen molar-refractivity contribution in [3.8, 4) is 0 Å². The van der Waals surface area contributed by atoms with Gasteiger partial charge in [0, 0.05) is 17.6 Å². The lowest BCUT2D eigenvalue weighted by molar-refractivity contribution is -0.177. The Kier molecular flexibility index (Phi) is 5.00. The van der Waals surface area contributed by atoms with E-state index in [1.165, 1.54) is 0 Å². The van der Waals surface area contributed by atoms with Crippen molar-refractivity contribution in [3.63, 3.8) is 0 Å². The molecule has 1 atom stereocenters. The molecule has 0 radical (unpaired) electrons. The van der Waals surface area contributed by atoms with Crippen LogP contribution in [0.5, 0.6) is 0 Å². The Morgan fingerprint density at radius 3 is 2.55 bits per heavy atom. The highest BCUT2D eigenvalue weighted by Crippen LogP contribution is 2.36. The van der Waals surface area contributed by atoms with Gasteiger partial charge in [-0.25, -0.2) is 0 Å². The second-order valence-electron chi connectivity index (χ2n) is 7.92. The van der Waals surface area contributed by atoms with E-state index in [1.54, 1.807) is 34.1 Å². The van der Waals surface area contributed by atoms with Gasteiger partial charge in [0.2, 0.25) is 5.91 Å². The zero-order valence-electron chi connectivity index (χ0n) is 16.4. The van der Waals surface area contributed by atoms with Crippen molar-refractivity contribution in [1.29, 1.82) is 0 Å². The highest BCUT2D eigenvalue weighted by molar-refractivity contribution is 6.30. The van der Waals surface area contributed by atoms with Crippen LogP contribution >= 0.6 is 11.6 Å². The van der Waals surface area contributed by atoms with Crippen LogP contribution in [0.15, 0.2) is 41.5 Å². The third-order valence-corrected chi connectivity index (χ3v) is 5.88. The molecule has 1 aromatic rings. The molecule has 0 bridgehead atoms. The van der Waals surface area contributed by atoms with Crippen LogP contribution in [-0.4, -0.2) is 74.9 Å². The number of hydrogen-bond donors (Lipinski definition) is 2. The Balaban J connectivity index is 1.61. The fourth-order valence-electron chi connectivity index (χ4n) is 3.97. The molecule has 1 unspecified atom stereocenters. The van der Waals surface area contributed by atoms with Gasteiger partial charge >= 0.3 is 0 Å². The van der Waals surface area contributed by atoms with E-state index in [1.807, 2.05) is 30.9 Å². The lowest BCUT2D eigenvalue weighted by Crippen LogP contribution is -2.81. The molecule has 0 aromatic heterocycles. The number of aliphatic hydroxyl groups excluding tert-OH is 1. The van der Waals surface area contributed by atoms with Gasteiger partial charge in [0.25, 0.3) is 5.91 Å². The Bertz CT molecular complexity index is 877. The first kappa shape index (κ1) is 19.7. The molecule has 9 heteroatoms. The number of benzene rings is 1. The minimum atomic E-state index is -0.925. The van der Waals surface area contributed by atoms with Crippen LogP contribution < -0.4 is 5.43 Å². The van der Waals surface area contributed by atoms with Gasteiger partial charge in [0.15, 0.2) is 11.8 Å². The second kappa shape index (κ2) is 7.35. The van der Waals surface area contributed by atoms with Gasteiger partial charge in [0.05, 0.1) is 13.1 Å². The molecule has 3 heterocycles. The first-order valence-corrected chi connectivity index (χ1v) is 9.98. The monoisotopic (exact) mass is 417 g/mol. The highest BCUT2D eigenvalue weighted by Gasteiger charge is 2.60. The van der Waals surface area contributed by atoms with Crippen LogP contribution in [0.25, 0.3) is 0 Å². The second-order valence-corrected chi connectivity index (χ2v) is 8.36. The topological polar surface area (TPSA) is 88.5 Å². The lowest BCUT2D eigenvalue weighted by atomic mass is 9.82. The molecule has 8 nitrogen and oxygen atoms in total. The van der Waals surface area contributed by atoms with Crippen LogP contribution in [0.3, 0.4) is 0 Å². The van der Waals surface area contributed by atoms with E-state index in [2.05, 4.69) is 10.5 Å². The van der Waals surface area contributed by atoms with E-state index in [9.17, 15) is 14.7 Å². The summed E-state index contributed by atoms with van der Waals surface area (Å²) < 4.78 is 0. The van der Waals surface area contributed by atoms with Crippen molar-refractivity contribution in [2.45, 2.75) is 38.2 Å². The zero-order valence-corrected chi connectivity index (χ0v) is 17.1. The largest absolute Gasteiger partial charge is 0.369 e. The molecule has 4 rings (SSSR count). The number of carbonyl (C=O) groups is 2. The van der Waals surface area contributed by atoms with Crippen LogP contribution in [0, 0.1) is 0 Å². The summed E-state index contributed by atoms with van der Waals surface area (Å²) in [6, 6.07) is 7.26. The molecule has 0 saturated carbocycles. The average molecular weight is 418 g/mol. The standard InChI is InChI=1S/C20H24ClN5O3/c1-13(2)25-10-18(28)26(9-14-3-5-15(21)6-4-14)20(19(25)29)11-24(12-20)16-7-8-17(27)23-22-16/h3-8,13,17,23,27H,9-12H2,1-2H3. The van der Waals surface area contributed by atoms with Crippen LogP contribution in [-0.2, 0) is 16.1 Å². The molecule has 1 spiro atoms. The fraction of sp³-hybridized carbons (Fsp3) is 0.450. The third kappa shape index (κ3) is 3.47. The number of hydrogen-bond acceptors (Lipinski definition) is 6. The SMILES string of the molecule is CC(C)N1CC(=O)N(Cc2ccc(Cl)cc2)C2(CN(C3=NNC(O)C=C3)C2)C1=O. The maximum absolute atomic E-state index is 13.4. The Morgan fingerprint density at radius 2 is 1.97 bits per heavy atom. The minimum absolute atomic E-state index is 0.0364. The van der Waals surface area contributed by atoms with E-state index in [-0.39, 0.29) is 24.4 Å². The number of nitrogens with one attached hydrogen (secondary N) is 1. The summed E-state index contributed by atoms with van der Waals surface area (Å²) in [5.74, 6) is 0.530. The van der Waals surface area contributed by atoms with Crippen molar-refractivity contribution in [2.24, 2.45) is 5.10 Å². The van der Waals surface area contributed by atoms with Crippen LogP contribution in [0.4, 0.5) is 0 Å². The molecular formula is C20H24ClN5O3. The first-order chi connectivity index (χ1) is 13.8. The van der Waals surface area contributed by atoms with Crippen molar-refractivity contribution >= 4 is 29.3 Å². The number of amides is 2. The number of hydrazone groups is 1. The number of halogens is 1. The Morgan fingerprint density at radius 1 is 1.28 bits per heavy atom. The quantitative estimate of drug-likeness (QED) is 0.758. The van der Waals surface area contributed by atoms with Gasteiger partial charge in [-0.1, -0.05) is 23.7 Å². The number of piperazine rings is 1. The van der Waals surface area contributed by atoms with Crippen LogP contribution in [0.1, 0.15) is 19.4 Å². The first-order valence-electron chi connectivity index (χ1n) is 9.60. The third-order valence-electron chi connectivity index (χ3n) is 5.63. The summed E-state index contributed by atoms with van der Waals surface area (Å²) in [5.41, 5.74) is 2.60. The Hall–Kier alpha value is -2.58. The van der Waals surface area contributed by atoms with Gasteiger partial charge < -0.3 is 19.8 Å². The van der Waals surface area contributed by atoms with Gasteiger partial charge in [-0.2, -0.15) is 5.10 Å². The normalized spacial score (nSPS) is 23.4. The van der Waals surface area contributed by atoms with E-state index >= 15 is 0 Å². The summed E-state index contributed by atoms with van der Waals surface area (Å²) in [6.07, 6.45) is 2.49. The van der Waals surface area contributed by atoms with E-state index in [0.29, 0.717) is 30.5 Å². The van der Waals surface area contributed by atoms with Gasteiger partial charge in [-0.05, 0) is 43.7 Å². The molecule has 1 aromatic carbocycles. The van der Waals surface area contributed by atoms with E-state index in [4.69, 9.17) is 11.6 Å². The summed E-state index contributed by atoms with van der Waals surface area (Å²) >= 11 is 5.98. The minimum Gasteiger partial charge on any atom is -0.369 e. The number of amidine groups is 1. The summed E-state index contributed by atoms with van der Waals surface area (Å²) in [6.45, 7) is 4.98. The van der Waals surface area contributed by atoms with Crippen molar-refractivity contribution < 1.29 is 14.7 Å². The fourth-order valence-corrected chi connectivity index (χ4v) is 4.10. The lowest BCUT2D eigenvalue weighted by Gasteiger charge is -2.59. The number of rotatable bonds is 3. The summed E-state index contributed by atoms with van der Waals surface area (Å²) in [4.78, 5) is 31.8. The molecule has 2 amide bonds. The molecule has 29 heavy (non-hydrogen) atoms. The predicted molar refractivity (Wildman–Crippen MR) is 109 cm³/mol. The molecule has 3 aliphatic rings. The highest BCUT2D eigenvalue weighted by atomic mass is 35.5. The molecule has 2 N–H and O–H groups in total. The number of aliphatic hydroxyl groups is 1. The molecule has 2 saturated heterocycles. The van der Waals surface area contributed by atoms with E-state index in [0.717, 1.165) is 5.56 Å².